The molecule has 1 aliphatic heterocycles. The highest BCUT2D eigenvalue weighted by Gasteiger charge is 2.21. The predicted octanol–water partition coefficient (Wildman–Crippen LogP) is 2.74. The molecule has 0 aliphatic carbocycles. The fourth-order valence-corrected chi connectivity index (χ4v) is 3.84. The molecule has 0 spiro atoms. The molecule has 0 amide bonds. The molecule has 2 aromatic heterocycles. The van der Waals surface area contributed by atoms with Gasteiger partial charge in [-0.15, -0.1) is 0 Å². The van der Waals surface area contributed by atoms with E-state index in [9.17, 15) is 0 Å². The quantitative estimate of drug-likeness (QED) is 0.759. The molecule has 4 rings (SSSR count). The van der Waals surface area contributed by atoms with Gasteiger partial charge in [-0.05, 0) is 51.0 Å². The number of H-pyrrole nitrogens is 1. The molecular formula is C19H26N6O. The minimum Gasteiger partial charge on any atom is -0.340 e. The molecule has 1 N–H and O–H groups in total. The monoisotopic (exact) mass is 354 g/mol. The minimum absolute atomic E-state index is 0.564. The molecule has 1 unspecified atom stereocenters. The summed E-state index contributed by atoms with van der Waals surface area (Å²) in [6, 6.07) is 7.14. The Balaban J connectivity index is 1.33. The number of nitrogens with zero attached hydrogens (tertiary/aromatic N) is 5. The van der Waals surface area contributed by atoms with Crippen molar-refractivity contribution in [2.45, 2.75) is 45.3 Å². The summed E-state index contributed by atoms with van der Waals surface area (Å²) < 4.78 is 5.08. The molecule has 1 saturated heterocycles. The van der Waals surface area contributed by atoms with Crippen LogP contribution < -0.4 is 0 Å². The fourth-order valence-electron chi connectivity index (χ4n) is 3.84. The zero-order valence-electron chi connectivity index (χ0n) is 15.5. The van der Waals surface area contributed by atoms with E-state index in [0.717, 1.165) is 37.5 Å². The van der Waals surface area contributed by atoms with Crippen molar-refractivity contribution >= 4 is 10.9 Å². The van der Waals surface area contributed by atoms with Gasteiger partial charge in [0.15, 0.2) is 5.82 Å². The van der Waals surface area contributed by atoms with Crippen LogP contribution in [-0.2, 0) is 13.1 Å². The summed E-state index contributed by atoms with van der Waals surface area (Å²) in [5.41, 5.74) is 2.46. The van der Waals surface area contributed by atoms with Gasteiger partial charge >= 0.3 is 0 Å². The van der Waals surface area contributed by atoms with Crippen molar-refractivity contribution < 1.29 is 4.52 Å². The Morgan fingerprint density at radius 1 is 1.31 bits per heavy atom. The SMILES string of the molecule is Cc1nc(CN(C)C2CCCN(Cc3ccc4cn[nH]c4c3)CC2)no1. The highest BCUT2D eigenvalue weighted by atomic mass is 16.5. The number of benzene rings is 1. The Morgan fingerprint density at radius 2 is 2.23 bits per heavy atom. The number of fused-ring (bicyclic) bond motifs is 1. The number of likely N-dealkylation sites (tertiary alicyclic amines) is 1. The van der Waals surface area contributed by atoms with Gasteiger partial charge in [0, 0.05) is 24.9 Å². The van der Waals surface area contributed by atoms with Crippen LogP contribution in [0.25, 0.3) is 10.9 Å². The van der Waals surface area contributed by atoms with E-state index in [2.05, 4.69) is 55.4 Å². The maximum Gasteiger partial charge on any atom is 0.223 e. The van der Waals surface area contributed by atoms with Crippen LogP contribution in [0.4, 0.5) is 0 Å². The van der Waals surface area contributed by atoms with Gasteiger partial charge in [-0.2, -0.15) is 10.1 Å². The lowest BCUT2D eigenvalue weighted by atomic mass is 10.1. The largest absolute Gasteiger partial charge is 0.340 e. The number of hydrogen-bond donors (Lipinski definition) is 1. The van der Waals surface area contributed by atoms with Crippen molar-refractivity contribution in [1.29, 1.82) is 0 Å². The molecule has 1 aromatic carbocycles. The molecular weight excluding hydrogens is 328 g/mol. The first-order chi connectivity index (χ1) is 12.7. The van der Waals surface area contributed by atoms with Crippen LogP contribution in [0, 0.1) is 6.92 Å². The molecule has 0 saturated carbocycles. The van der Waals surface area contributed by atoms with Crippen LogP contribution in [0.5, 0.6) is 0 Å². The third-order valence-corrected chi connectivity index (χ3v) is 5.29. The highest BCUT2D eigenvalue weighted by molar-refractivity contribution is 5.78. The smallest absolute Gasteiger partial charge is 0.223 e. The Hall–Kier alpha value is -2.25. The Morgan fingerprint density at radius 3 is 3.08 bits per heavy atom. The maximum atomic E-state index is 5.08. The third-order valence-electron chi connectivity index (χ3n) is 5.29. The van der Waals surface area contributed by atoms with E-state index >= 15 is 0 Å². The van der Waals surface area contributed by atoms with E-state index in [1.54, 1.807) is 0 Å². The van der Waals surface area contributed by atoms with Gasteiger partial charge in [0.05, 0.1) is 18.3 Å². The average molecular weight is 354 g/mol. The van der Waals surface area contributed by atoms with E-state index in [0.29, 0.717) is 11.9 Å². The molecule has 3 aromatic rings. The zero-order chi connectivity index (χ0) is 17.9. The number of aromatic amines is 1. The maximum absolute atomic E-state index is 5.08. The molecule has 0 bridgehead atoms. The van der Waals surface area contributed by atoms with Crippen LogP contribution in [-0.4, -0.2) is 56.3 Å². The lowest BCUT2D eigenvalue weighted by Gasteiger charge is -2.26. The summed E-state index contributed by atoms with van der Waals surface area (Å²) >= 11 is 0. The van der Waals surface area contributed by atoms with E-state index in [4.69, 9.17) is 4.52 Å². The van der Waals surface area contributed by atoms with Crippen LogP contribution in [0.2, 0.25) is 0 Å². The van der Waals surface area contributed by atoms with E-state index in [1.807, 2.05) is 13.1 Å². The van der Waals surface area contributed by atoms with Gasteiger partial charge in [0.2, 0.25) is 5.89 Å². The summed E-state index contributed by atoms with van der Waals surface area (Å²) in [4.78, 5) is 9.25. The highest BCUT2D eigenvalue weighted by Crippen LogP contribution is 2.20. The van der Waals surface area contributed by atoms with E-state index in [1.165, 1.54) is 30.2 Å². The van der Waals surface area contributed by atoms with E-state index < -0.39 is 0 Å². The molecule has 1 aliphatic rings. The van der Waals surface area contributed by atoms with Gasteiger partial charge in [0.1, 0.15) is 0 Å². The number of aryl methyl sites for hydroxylation is 1. The Bertz CT molecular complexity index is 856. The predicted molar refractivity (Wildman–Crippen MR) is 99.5 cm³/mol. The van der Waals surface area contributed by atoms with Crippen molar-refractivity contribution in [1.82, 2.24) is 30.1 Å². The van der Waals surface area contributed by atoms with Crippen LogP contribution in [0.15, 0.2) is 28.9 Å². The molecule has 0 radical (unpaired) electrons. The zero-order valence-corrected chi connectivity index (χ0v) is 15.5. The van der Waals surface area contributed by atoms with Gasteiger partial charge < -0.3 is 4.52 Å². The number of rotatable bonds is 5. The first-order valence-corrected chi connectivity index (χ1v) is 9.31. The third kappa shape index (κ3) is 3.94. The molecule has 1 atom stereocenters. The normalized spacial score (nSPS) is 19.3. The topological polar surface area (TPSA) is 74.1 Å². The fraction of sp³-hybridized carbons (Fsp3) is 0.526. The number of nitrogens with one attached hydrogen (secondary N) is 1. The molecule has 7 nitrogen and oxygen atoms in total. The van der Waals surface area contributed by atoms with Gasteiger partial charge in [-0.3, -0.25) is 14.9 Å². The van der Waals surface area contributed by atoms with Crippen LogP contribution in [0.1, 0.15) is 36.5 Å². The van der Waals surface area contributed by atoms with Crippen molar-refractivity contribution in [3.63, 3.8) is 0 Å². The standard InChI is InChI=1S/C19H26N6O/c1-14-21-19(23-26-14)13-24(2)17-4-3-8-25(9-7-17)12-15-5-6-16-11-20-22-18(16)10-15/h5-6,10-11,17H,3-4,7-9,12-13H2,1-2H3,(H,20,22). The first-order valence-electron chi connectivity index (χ1n) is 9.31. The number of aromatic nitrogens is 4. The molecule has 7 heteroatoms. The summed E-state index contributed by atoms with van der Waals surface area (Å²) in [5.74, 6) is 1.41. The number of hydrogen-bond acceptors (Lipinski definition) is 6. The first kappa shape index (κ1) is 17.2. The summed E-state index contributed by atoms with van der Waals surface area (Å²) in [6.45, 7) is 5.84. The molecule has 1 fully saturated rings. The van der Waals surface area contributed by atoms with Crippen LogP contribution >= 0.6 is 0 Å². The second-order valence-electron chi connectivity index (χ2n) is 7.30. The van der Waals surface area contributed by atoms with Crippen molar-refractivity contribution in [3.05, 3.63) is 41.7 Å². The second-order valence-corrected chi connectivity index (χ2v) is 7.30. The summed E-state index contributed by atoms with van der Waals surface area (Å²) in [7, 11) is 2.16. The molecule has 3 heterocycles. The Labute approximate surface area is 153 Å². The minimum atomic E-state index is 0.564. The average Bonchev–Trinajstić information content (AvgIpc) is 3.18. The van der Waals surface area contributed by atoms with Gasteiger partial charge in [-0.1, -0.05) is 17.3 Å². The summed E-state index contributed by atoms with van der Waals surface area (Å²) in [5, 5.41) is 12.4. The van der Waals surface area contributed by atoms with Crippen LogP contribution in [0.3, 0.4) is 0 Å². The molecule has 138 valence electrons. The molecule has 26 heavy (non-hydrogen) atoms. The van der Waals surface area contributed by atoms with Crippen molar-refractivity contribution in [2.24, 2.45) is 0 Å². The van der Waals surface area contributed by atoms with Crippen molar-refractivity contribution in [3.8, 4) is 0 Å². The van der Waals surface area contributed by atoms with Gasteiger partial charge in [0.25, 0.3) is 0 Å². The Kier molecular flexibility index (Phi) is 4.99. The van der Waals surface area contributed by atoms with Gasteiger partial charge in [-0.25, -0.2) is 0 Å². The lowest BCUT2D eigenvalue weighted by molar-refractivity contribution is 0.200. The summed E-state index contributed by atoms with van der Waals surface area (Å²) in [6.07, 6.45) is 5.46. The lowest BCUT2D eigenvalue weighted by Crippen LogP contribution is -2.33. The van der Waals surface area contributed by atoms with E-state index in [-0.39, 0.29) is 0 Å². The second kappa shape index (κ2) is 7.55. The van der Waals surface area contributed by atoms with Crippen molar-refractivity contribution in [2.75, 3.05) is 20.1 Å².